The van der Waals surface area contributed by atoms with Gasteiger partial charge in [-0.2, -0.15) is 0 Å². The van der Waals surface area contributed by atoms with E-state index in [1.807, 2.05) is 0 Å². The molecule has 0 saturated heterocycles. The molecule has 1 amide bonds. The van der Waals surface area contributed by atoms with Crippen LogP contribution in [0.1, 0.15) is 45.3 Å². The highest BCUT2D eigenvalue weighted by Gasteiger charge is 2.40. The van der Waals surface area contributed by atoms with E-state index in [-0.39, 0.29) is 13.2 Å². The molecule has 0 aromatic carbocycles. The average Bonchev–Trinajstić information content (AvgIpc) is 2.87. The van der Waals surface area contributed by atoms with Crippen molar-refractivity contribution in [3.05, 3.63) is 16.6 Å². The monoisotopic (exact) mass is 350 g/mol. The first-order valence-electron chi connectivity index (χ1n) is 6.98. The van der Waals surface area contributed by atoms with E-state index in [2.05, 4.69) is 10.3 Å². The summed E-state index contributed by atoms with van der Waals surface area (Å²) >= 11 is 1.26. The summed E-state index contributed by atoms with van der Waals surface area (Å²) in [7, 11) is -3.58. The SMILES string of the molecule is CCOP(=O)(OCC)C(NC(=O)OC(C)(C)C)c1cncs1. The molecule has 0 aliphatic carbocycles. The van der Waals surface area contributed by atoms with Crippen molar-refractivity contribution in [3.8, 4) is 0 Å². The van der Waals surface area contributed by atoms with Gasteiger partial charge in [0.1, 0.15) is 5.60 Å². The Morgan fingerprint density at radius 1 is 1.36 bits per heavy atom. The fourth-order valence-electron chi connectivity index (χ4n) is 1.63. The summed E-state index contributed by atoms with van der Waals surface area (Å²) in [6.07, 6.45) is 0.836. The van der Waals surface area contributed by atoms with Crippen molar-refractivity contribution in [1.82, 2.24) is 10.3 Å². The zero-order chi connectivity index (χ0) is 16.8. The van der Waals surface area contributed by atoms with Gasteiger partial charge in [0.05, 0.1) is 23.6 Å². The van der Waals surface area contributed by atoms with Gasteiger partial charge in [0, 0.05) is 6.20 Å². The maximum Gasteiger partial charge on any atom is 0.408 e. The summed E-state index contributed by atoms with van der Waals surface area (Å²) in [5.41, 5.74) is 0.922. The predicted octanol–water partition coefficient (Wildman–Crippen LogP) is 3.93. The molecule has 126 valence electrons. The number of ether oxygens (including phenoxy) is 1. The molecule has 1 aromatic heterocycles. The third-order valence-corrected chi connectivity index (χ3v) is 5.60. The van der Waals surface area contributed by atoms with Crippen molar-refractivity contribution in [3.63, 3.8) is 0 Å². The topological polar surface area (TPSA) is 86.8 Å². The van der Waals surface area contributed by atoms with Gasteiger partial charge >= 0.3 is 13.7 Å². The second-order valence-corrected chi connectivity index (χ2v) is 8.36. The fraction of sp³-hybridized carbons (Fsp3) is 0.692. The number of amides is 1. The lowest BCUT2D eigenvalue weighted by Crippen LogP contribution is -2.35. The molecule has 7 nitrogen and oxygen atoms in total. The number of carbonyl (C=O) groups is 1. The van der Waals surface area contributed by atoms with Gasteiger partial charge in [-0.1, -0.05) is 0 Å². The number of nitrogens with zero attached hydrogens (tertiary/aromatic N) is 1. The van der Waals surface area contributed by atoms with Crippen LogP contribution in [0.2, 0.25) is 0 Å². The quantitative estimate of drug-likeness (QED) is 0.750. The van der Waals surface area contributed by atoms with Crippen LogP contribution in [-0.4, -0.2) is 29.9 Å². The Morgan fingerprint density at radius 2 is 1.95 bits per heavy atom. The zero-order valence-corrected chi connectivity index (χ0v) is 15.2. The third kappa shape index (κ3) is 5.68. The summed E-state index contributed by atoms with van der Waals surface area (Å²) in [4.78, 5) is 16.6. The molecule has 1 atom stereocenters. The molecule has 1 heterocycles. The standard InChI is InChI=1S/C13H23N2O5PS/c1-6-18-21(17,19-7-2)11(10-8-14-9-22-10)15-12(16)20-13(3,4)5/h8-9,11H,6-7H2,1-5H3,(H,15,16). The number of carbonyl (C=O) groups excluding carboxylic acids is 1. The lowest BCUT2D eigenvalue weighted by atomic mass is 10.2. The molecular formula is C13H23N2O5PS. The van der Waals surface area contributed by atoms with E-state index >= 15 is 0 Å². The van der Waals surface area contributed by atoms with Gasteiger partial charge in [-0.05, 0) is 34.6 Å². The van der Waals surface area contributed by atoms with Crippen molar-refractivity contribution in [1.29, 1.82) is 0 Å². The van der Waals surface area contributed by atoms with Gasteiger partial charge in [-0.15, -0.1) is 11.3 Å². The minimum absolute atomic E-state index is 0.197. The highest BCUT2D eigenvalue weighted by Crippen LogP contribution is 2.60. The maximum absolute atomic E-state index is 13.0. The molecule has 0 fully saturated rings. The van der Waals surface area contributed by atoms with Crippen LogP contribution in [-0.2, 0) is 18.3 Å². The lowest BCUT2D eigenvalue weighted by molar-refractivity contribution is 0.0509. The Kier molecular flexibility index (Phi) is 6.99. The molecule has 1 rings (SSSR count). The van der Waals surface area contributed by atoms with Gasteiger partial charge < -0.3 is 19.1 Å². The van der Waals surface area contributed by atoms with Crippen LogP contribution in [0.25, 0.3) is 0 Å². The highest BCUT2D eigenvalue weighted by molar-refractivity contribution is 7.54. The largest absolute Gasteiger partial charge is 0.444 e. The van der Waals surface area contributed by atoms with Crippen LogP contribution in [0.15, 0.2) is 11.7 Å². The first-order chi connectivity index (χ1) is 10.2. The molecule has 22 heavy (non-hydrogen) atoms. The maximum atomic E-state index is 13.0. The average molecular weight is 350 g/mol. The highest BCUT2D eigenvalue weighted by atomic mass is 32.1. The minimum Gasteiger partial charge on any atom is -0.444 e. The molecule has 0 radical (unpaired) electrons. The molecule has 0 saturated carbocycles. The van der Waals surface area contributed by atoms with Gasteiger partial charge in [0.2, 0.25) is 0 Å². The van der Waals surface area contributed by atoms with E-state index in [1.54, 1.807) is 40.1 Å². The summed E-state index contributed by atoms with van der Waals surface area (Å²) in [5.74, 6) is -0.949. The van der Waals surface area contributed by atoms with Crippen LogP contribution in [0.5, 0.6) is 0 Å². The van der Waals surface area contributed by atoms with Crippen molar-refractivity contribution in [2.24, 2.45) is 0 Å². The first kappa shape index (κ1) is 19.1. The Labute approximate surface area is 134 Å². The van der Waals surface area contributed by atoms with E-state index in [4.69, 9.17) is 13.8 Å². The molecular weight excluding hydrogens is 327 g/mol. The minimum atomic E-state index is -3.58. The van der Waals surface area contributed by atoms with Crippen molar-refractivity contribution in [2.75, 3.05) is 13.2 Å². The van der Waals surface area contributed by atoms with Crippen LogP contribution in [0.3, 0.4) is 0 Å². The molecule has 0 aliphatic rings. The van der Waals surface area contributed by atoms with Crippen molar-refractivity contribution >= 4 is 25.0 Å². The zero-order valence-electron chi connectivity index (χ0n) is 13.5. The molecule has 1 N–H and O–H groups in total. The van der Waals surface area contributed by atoms with Crippen LogP contribution in [0.4, 0.5) is 4.79 Å². The predicted molar refractivity (Wildman–Crippen MR) is 85.1 cm³/mol. The normalized spacial score (nSPS) is 13.7. The summed E-state index contributed by atoms with van der Waals surface area (Å²) in [5, 5.41) is 2.58. The molecule has 1 aromatic rings. The Bertz CT molecular complexity index is 505. The van der Waals surface area contributed by atoms with Crippen molar-refractivity contribution in [2.45, 2.75) is 46.0 Å². The molecule has 0 aliphatic heterocycles. The van der Waals surface area contributed by atoms with Gasteiger partial charge in [-0.3, -0.25) is 9.55 Å². The third-order valence-electron chi connectivity index (χ3n) is 2.31. The molecule has 0 spiro atoms. The van der Waals surface area contributed by atoms with E-state index in [9.17, 15) is 9.36 Å². The van der Waals surface area contributed by atoms with Gasteiger partial charge in [-0.25, -0.2) is 4.79 Å². The van der Waals surface area contributed by atoms with Crippen LogP contribution < -0.4 is 5.32 Å². The Morgan fingerprint density at radius 3 is 2.36 bits per heavy atom. The Hall–Kier alpha value is -0.950. The number of thiazole rings is 1. The van der Waals surface area contributed by atoms with E-state index in [1.165, 1.54) is 17.5 Å². The van der Waals surface area contributed by atoms with Crippen LogP contribution >= 0.6 is 18.9 Å². The molecule has 0 bridgehead atoms. The van der Waals surface area contributed by atoms with E-state index in [0.717, 1.165) is 0 Å². The van der Waals surface area contributed by atoms with E-state index in [0.29, 0.717) is 4.88 Å². The summed E-state index contributed by atoms with van der Waals surface area (Å²) in [6.45, 7) is 9.06. The fourth-order valence-corrected chi connectivity index (χ4v) is 4.49. The first-order valence-corrected chi connectivity index (χ1v) is 9.47. The summed E-state index contributed by atoms with van der Waals surface area (Å²) < 4.78 is 28.9. The number of hydrogen-bond acceptors (Lipinski definition) is 7. The Balaban J connectivity index is 3.03. The summed E-state index contributed by atoms with van der Waals surface area (Å²) in [6, 6.07) is 0. The number of aromatic nitrogens is 1. The van der Waals surface area contributed by atoms with E-state index < -0.39 is 25.1 Å². The second-order valence-electron chi connectivity index (χ2n) is 5.33. The van der Waals surface area contributed by atoms with Gasteiger partial charge in [0.25, 0.3) is 0 Å². The number of alkyl carbamates (subject to hydrolysis) is 1. The van der Waals surface area contributed by atoms with Crippen molar-refractivity contribution < 1.29 is 23.1 Å². The number of hydrogen-bond donors (Lipinski definition) is 1. The smallest absolute Gasteiger partial charge is 0.408 e. The van der Waals surface area contributed by atoms with Gasteiger partial charge in [0.15, 0.2) is 5.78 Å². The molecule has 9 heteroatoms. The number of rotatable bonds is 7. The second kappa shape index (κ2) is 8.06. The lowest BCUT2D eigenvalue weighted by Gasteiger charge is -2.27. The van der Waals surface area contributed by atoms with Crippen LogP contribution in [0, 0.1) is 0 Å². The molecule has 1 unspecified atom stereocenters. The number of nitrogens with one attached hydrogen (secondary N) is 1.